The van der Waals surface area contributed by atoms with Gasteiger partial charge in [-0.1, -0.05) is 11.6 Å². The van der Waals surface area contributed by atoms with Crippen LogP contribution in [0.1, 0.15) is 0 Å². The summed E-state index contributed by atoms with van der Waals surface area (Å²) in [5, 5.41) is 3.10. The average Bonchev–Trinajstić information content (AvgIpc) is 2.58. The molecular weight excluding hydrogens is 293 g/mol. The molecule has 0 aliphatic heterocycles. The van der Waals surface area contributed by atoms with Crippen LogP contribution < -0.4 is 0 Å². The van der Waals surface area contributed by atoms with Crippen LogP contribution in [0, 0.1) is 11.6 Å². The highest BCUT2D eigenvalue weighted by Gasteiger charge is 2.15. The van der Waals surface area contributed by atoms with Crippen LogP contribution in [0.25, 0.3) is 11.5 Å². The smallest absolute Gasteiger partial charge is 0.261 e. The highest BCUT2D eigenvalue weighted by atomic mass is 79.9. The minimum absolute atomic E-state index is 0.116. The first-order valence-corrected chi connectivity index (χ1v) is 4.89. The van der Waals surface area contributed by atoms with Crippen LogP contribution in [0.3, 0.4) is 0 Å². The van der Waals surface area contributed by atoms with Crippen molar-refractivity contribution >= 4 is 27.5 Å². The lowest BCUT2D eigenvalue weighted by atomic mass is 10.2. The number of halogens is 4. The van der Waals surface area contributed by atoms with Crippen LogP contribution in [0.4, 0.5) is 8.78 Å². The van der Waals surface area contributed by atoms with Gasteiger partial charge in [-0.3, -0.25) is 0 Å². The third-order valence-electron chi connectivity index (χ3n) is 1.64. The predicted molar refractivity (Wildman–Crippen MR) is 52.4 cm³/mol. The lowest BCUT2D eigenvalue weighted by molar-refractivity contribution is 0.423. The number of rotatable bonds is 1. The molecule has 1 aromatic carbocycles. The van der Waals surface area contributed by atoms with Crippen LogP contribution in [-0.4, -0.2) is 10.1 Å². The molecule has 3 nitrogen and oxygen atoms in total. The Bertz CT molecular complexity index is 517. The van der Waals surface area contributed by atoms with Crippen molar-refractivity contribution < 1.29 is 13.3 Å². The molecule has 0 spiro atoms. The van der Waals surface area contributed by atoms with Crippen LogP contribution >= 0.6 is 27.5 Å². The van der Waals surface area contributed by atoms with Crippen molar-refractivity contribution in [1.29, 1.82) is 0 Å². The zero-order valence-corrected chi connectivity index (χ0v) is 9.31. The first-order valence-electron chi connectivity index (χ1n) is 3.72. The molecule has 2 rings (SSSR count). The Morgan fingerprint density at radius 1 is 1.27 bits per heavy atom. The maximum Gasteiger partial charge on any atom is 0.261 e. The summed E-state index contributed by atoms with van der Waals surface area (Å²) in [4.78, 5) is 3.70. The quantitative estimate of drug-likeness (QED) is 0.757. The standard InChI is InChI=1S/C8H2BrClF2N2O/c9-8-13-7(15-14-8)3-1-6(12)4(10)2-5(3)11/h1-2H. The zero-order valence-electron chi connectivity index (χ0n) is 6.97. The maximum absolute atomic E-state index is 13.3. The van der Waals surface area contributed by atoms with Gasteiger partial charge < -0.3 is 4.52 Å². The van der Waals surface area contributed by atoms with Crippen molar-refractivity contribution in [2.75, 3.05) is 0 Å². The van der Waals surface area contributed by atoms with Crippen molar-refractivity contribution in [3.05, 3.63) is 33.5 Å². The molecule has 7 heteroatoms. The minimum atomic E-state index is -0.748. The van der Waals surface area contributed by atoms with E-state index in [0.29, 0.717) is 0 Å². The van der Waals surface area contributed by atoms with E-state index < -0.39 is 11.6 Å². The van der Waals surface area contributed by atoms with Gasteiger partial charge in [-0.2, -0.15) is 4.98 Å². The summed E-state index contributed by atoms with van der Waals surface area (Å²) in [5.74, 6) is -1.59. The summed E-state index contributed by atoms with van der Waals surface area (Å²) in [6.45, 7) is 0. The number of hydrogen-bond acceptors (Lipinski definition) is 3. The molecular formula is C8H2BrClF2N2O. The van der Waals surface area contributed by atoms with Gasteiger partial charge in [0.05, 0.1) is 10.6 Å². The third kappa shape index (κ3) is 2.00. The molecule has 0 bridgehead atoms. The molecule has 0 amide bonds. The third-order valence-corrected chi connectivity index (χ3v) is 2.25. The Labute approximate surface area is 96.2 Å². The molecule has 0 N–H and O–H groups in total. The van der Waals surface area contributed by atoms with Crippen molar-refractivity contribution in [2.24, 2.45) is 0 Å². The van der Waals surface area contributed by atoms with Crippen molar-refractivity contribution in [3.63, 3.8) is 0 Å². The summed E-state index contributed by atoms with van der Waals surface area (Å²) in [6, 6.07) is 1.75. The fourth-order valence-corrected chi connectivity index (χ4v) is 1.39. The summed E-state index contributed by atoms with van der Waals surface area (Å²) in [6.07, 6.45) is 0. The van der Waals surface area contributed by atoms with E-state index in [1.165, 1.54) is 0 Å². The van der Waals surface area contributed by atoms with E-state index >= 15 is 0 Å². The summed E-state index contributed by atoms with van der Waals surface area (Å²) >= 11 is 8.32. The van der Waals surface area contributed by atoms with Crippen molar-refractivity contribution in [2.45, 2.75) is 0 Å². The summed E-state index contributed by atoms with van der Waals surface area (Å²) in [5.41, 5.74) is -0.130. The Balaban J connectivity index is 2.58. The van der Waals surface area contributed by atoms with Gasteiger partial charge in [-0.05, 0) is 33.2 Å². The van der Waals surface area contributed by atoms with E-state index in [2.05, 4.69) is 30.6 Å². The van der Waals surface area contributed by atoms with Crippen LogP contribution in [-0.2, 0) is 0 Å². The Hall–Kier alpha value is -1.01. The molecule has 2 aromatic rings. The van der Waals surface area contributed by atoms with Crippen LogP contribution in [0.2, 0.25) is 5.02 Å². The van der Waals surface area contributed by atoms with E-state index in [0.717, 1.165) is 12.1 Å². The molecule has 0 radical (unpaired) electrons. The van der Waals surface area contributed by atoms with E-state index in [1.807, 2.05) is 0 Å². The van der Waals surface area contributed by atoms with Gasteiger partial charge in [-0.25, -0.2) is 8.78 Å². The maximum atomic E-state index is 13.3. The number of benzene rings is 1. The molecule has 78 valence electrons. The second-order valence-electron chi connectivity index (χ2n) is 2.61. The Kier molecular flexibility index (Phi) is 2.70. The number of hydrogen-bond donors (Lipinski definition) is 0. The summed E-state index contributed by atoms with van der Waals surface area (Å²) < 4.78 is 31.2. The van der Waals surface area contributed by atoms with Gasteiger partial charge >= 0.3 is 0 Å². The molecule has 0 aliphatic carbocycles. The van der Waals surface area contributed by atoms with Gasteiger partial charge in [-0.15, -0.1) is 0 Å². The zero-order chi connectivity index (χ0) is 11.0. The monoisotopic (exact) mass is 294 g/mol. The van der Waals surface area contributed by atoms with Crippen molar-refractivity contribution in [3.8, 4) is 11.5 Å². The van der Waals surface area contributed by atoms with Crippen molar-refractivity contribution in [1.82, 2.24) is 10.1 Å². The Morgan fingerprint density at radius 3 is 2.60 bits per heavy atom. The van der Waals surface area contributed by atoms with E-state index in [4.69, 9.17) is 11.6 Å². The second kappa shape index (κ2) is 3.86. The molecule has 0 aliphatic rings. The fraction of sp³-hybridized carbons (Fsp3) is 0. The first kappa shape index (κ1) is 10.5. The molecule has 0 saturated heterocycles. The molecule has 0 fully saturated rings. The van der Waals surface area contributed by atoms with E-state index in [1.54, 1.807) is 0 Å². The topological polar surface area (TPSA) is 38.9 Å². The SMILES string of the molecule is Fc1cc(-c2nc(Br)no2)c(F)cc1Cl. The predicted octanol–water partition coefficient (Wildman–Crippen LogP) is 3.43. The van der Waals surface area contributed by atoms with Gasteiger partial charge in [0.15, 0.2) is 0 Å². The van der Waals surface area contributed by atoms with Gasteiger partial charge in [0.1, 0.15) is 11.6 Å². The van der Waals surface area contributed by atoms with Crippen LogP contribution in [0.15, 0.2) is 21.4 Å². The fourth-order valence-electron chi connectivity index (χ4n) is 1.00. The highest BCUT2D eigenvalue weighted by Crippen LogP contribution is 2.27. The minimum Gasteiger partial charge on any atom is -0.333 e. The number of aromatic nitrogens is 2. The number of nitrogens with zero attached hydrogens (tertiary/aromatic N) is 2. The first-order chi connectivity index (χ1) is 7.08. The molecule has 15 heavy (non-hydrogen) atoms. The Morgan fingerprint density at radius 2 is 2.00 bits per heavy atom. The van der Waals surface area contributed by atoms with Crippen LogP contribution in [0.5, 0.6) is 0 Å². The molecule has 1 aromatic heterocycles. The van der Waals surface area contributed by atoms with Gasteiger partial charge in [0.25, 0.3) is 5.89 Å². The average molecular weight is 295 g/mol. The van der Waals surface area contributed by atoms with E-state index in [-0.39, 0.29) is 21.2 Å². The van der Waals surface area contributed by atoms with Gasteiger partial charge in [0.2, 0.25) is 4.73 Å². The summed E-state index contributed by atoms with van der Waals surface area (Å²) in [7, 11) is 0. The molecule has 0 unspecified atom stereocenters. The second-order valence-corrected chi connectivity index (χ2v) is 3.73. The van der Waals surface area contributed by atoms with Gasteiger partial charge in [0, 0.05) is 0 Å². The lowest BCUT2D eigenvalue weighted by Gasteiger charge is -1.99. The highest BCUT2D eigenvalue weighted by molar-refractivity contribution is 9.10. The largest absolute Gasteiger partial charge is 0.333 e. The van der Waals surface area contributed by atoms with E-state index in [9.17, 15) is 8.78 Å². The lowest BCUT2D eigenvalue weighted by Crippen LogP contribution is -1.88. The normalized spacial score (nSPS) is 10.7. The molecule has 0 saturated carbocycles. The molecule has 0 atom stereocenters. The molecule has 1 heterocycles.